The van der Waals surface area contributed by atoms with E-state index in [2.05, 4.69) is 21.2 Å². The van der Waals surface area contributed by atoms with Crippen molar-refractivity contribution in [1.82, 2.24) is 14.5 Å². The van der Waals surface area contributed by atoms with Crippen molar-refractivity contribution in [2.24, 2.45) is 0 Å². The van der Waals surface area contributed by atoms with Gasteiger partial charge in [0.25, 0.3) is 0 Å². The number of rotatable bonds is 9. The van der Waals surface area contributed by atoms with Crippen LogP contribution in [-0.4, -0.2) is 63.2 Å². The van der Waals surface area contributed by atoms with Crippen molar-refractivity contribution in [3.63, 3.8) is 0 Å². The summed E-state index contributed by atoms with van der Waals surface area (Å²) in [5.74, 6) is -1.86. The van der Waals surface area contributed by atoms with Crippen LogP contribution in [-0.2, 0) is 26.3 Å². The number of likely N-dealkylation sites (N-methyl/N-ethyl adjacent to an activating group) is 1. The number of anilines is 1. The number of carbonyl (C=O) groups is 2. The highest BCUT2D eigenvalue weighted by atomic mass is 79.9. The summed E-state index contributed by atoms with van der Waals surface area (Å²) in [6, 6.07) is 11.6. The number of hydrogen-bond donors (Lipinski definition) is 1. The Morgan fingerprint density at radius 2 is 1.78 bits per heavy atom. The van der Waals surface area contributed by atoms with Crippen LogP contribution in [0.25, 0.3) is 0 Å². The van der Waals surface area contributed by atoms with Crippen LogP contribution in [0, 0.1) is 5.82 Å². The molecule has 2 aromatic carbocycles. The molecular formula is C21H26BrFN4O4S. The lowest BCUT2D eigenvalue weighted by Crippen LogP contribution is -2.52. The summed E-state index contributed by atoms with van der Waals surface area (Å²) in [5, 5.41) is 2.50. The van der Waals surface area contributed by atoms with Gasteiger partial charge >= 0.3 is 10.2 Å². The third-order valence-corrected chi connectivity index (χ3v) is 7.09. The zero-order valence-corrected chi connectivity index (χ0v) is 20.7. The molecule has 174 valence electrons. The van der Waals surface area contributed by atoms with Gasteiger partial charge in [0.05, 0.1) is 5.69 Å². The monoisotopic (exact) mass is 528 g/mol. The Morgan fingerprint density at radius 3 is 2.34 bits per heavy atom. The molecule has 0 fully saturated rings. The first-order chi connectivity index (χ1) is 15.0. The summed E-state index contributed by atoms with van der Waals surface area (Å²) in [7, 11) is -0.172. The number of halogens is 2. The SMILES string of the molecule is CNC(=O)[C@@H](C)N(Cc1cccc(Br)c1)C(=O)CN(c1ccccc1F)S(=O)(=O)N(C)C. The van der Waals surface area contributed by atoms with E-state index in [9.17, 15) is 22.4 Å². The number of carbonyl (C=O) groups excluding carboxylic acids is 2. The molecular weight excluding hydrogens is 503 g/mol. The first kappa shape index (κ1) is 25.8. The van der Waals surface area contributed by atoms with E-state index in [-0.39, 0.29) is 12.2 Å². The van der Waals surface area contributed by atoms with Crippen molar-refractivity contribution in [3.8, 4) is 0 Å². The minimum Gasteiger partial charge on any atom is -0.357 e. The van der Waals surface area contributed by atoms with Crippen molar-refractivity contribution in [1.29, 1.82) is 0 Å². The normalized spacial score (nSPS) is 12.3. The molecule has 1 N–H and O–H groups in total. The highest BCUT2D eigenvalue weighted by molar-refractivity contribution is 9.10. The molecule has 0 aliphatic heterocycles. The molecule has 2 amide bonds. The Labute approximate surface area is 196 Å². The van der Waals surface area contributed by atoms with E-state index < -0.39 is 40.4 Å². The van der Waals surface area contributed by atoms with Gasteiger partial charge in [-0.25, -0.2) is 8.70 Å². The molecule has 0 aromatic heterocycles. The molecule has 0 spiro atoms. The van der Waals surface area contributed by atoms with Crippen LogP contribution < -0.4 is 9.62 Å². The van der Waals surface area contributed by atoms with E-state index in [0.717, 1.165) is 20.4 Å². The van der Waals surface area contributed by atoms with Crippen molar-refractivity contribution in [2.45, 2.75) is 19.5 Å². The van der Waals surface area contributed by atoms with Crippen LogP contribution in [0.5, 0.6) is 0 Å². The maximum atomic E-state index is 14.5. The third kappa shape index (κ3) is 6.05. The number of benzene rings is 2. The third-order valence-electron chi connectivity index (χ3n) is 4.80. The van der Waals surface area contributed by atoms with Gasteiger partial charge in [0.15, 0.2) is 0 Å². The molecule has 0 radical (unpaired) electrons. The van der Waals surface area contributed by atoms with Crippen molar-refractivity contribution in [2.75, 3.05) is 32.0 Å². The molecule has 0 saturated carbocycles. The molecule has 0 aliphatic carbocycles. The minimum absolute atomic E-state index is 0.0555. The molecule has 32 heavy (non-hydrogen) atoms. The number of amides is 2. The second kappa shape index (κ2) is 10.9. The number of nitrogens with one attached hydrogen (secondary N) is 1. The van der Waals surface area contributed by atoms with Crippen molar-refractivity contribution < 1.29 is 22.4 Å². The first-order valence-corrected chi connectivity index (χ1v) is 11.9. The molecule has 0 bridgehead atoms. The van der Waals surface area contributed by atoms with Gasteiger partial charge in [-0.3, -0.25) is 9.59 Å². The molecule has 2 rings (SSSR count). The lowest BCUT2D eigenvalue weighted by Gasteiger charge is -2.32. The van der Waals surface area contributed by atoms with Gasteiger partial charge in [0, 0.05) is 32.2 Å². The summed E-state index contributed by atoms with van der Waals surface area (Å²) >= 11 is 3.37. The van der Waals surface area contributed by atoms with E-state index in [1.165, 1.54) is 44.2 Å². The van der Waals surface area contributed by atoms with E-state index in [4.69, 9.17) is 0 Å². The molecule has 8 nitrogen and oxygen atoms in total. The highest BCUT2D eigenvalue weighted by Gasteiger charge is 2.33. The molecule has 0 heterocycles. The second-order valence-corrected chi connectivity index (χ2v) is 10.2. The lowest BCUT2D eigenvalue weighted by molar-refractivity contribution is -0.139. The fourth-order valence-corrected chi connectivity index (χ4v) is 4.49. The van der Waals surface area contributed by atoms with Gasteiger partial charge in [0.1, 0.15) is 18.4 Å². The van der Waals surface area contributed by atoms with E-state index in [1.807, 2.05) is 6.07 Å². The smallest absolute Gasteiger partial charge is 0.304 e. The maximum absolute atomic E-state index is 14.5. The number of nitrogens with zero attached hydrogens (tertiary/aromatic N) is 3. The number of para-hydroxylation sites is 1. The molecule has 1 atom stereocenters. The fraction of sp³-hybridized carbons (Fsp3) is 0.333. The van der Waals surface area contributed by atoms with Crippen LogP contribution in [0.3, 0.4) is 0 Å². The zero-order chi connectivity index (χ0) is 24.1. The molecule has 0 saturated heterocycles. The second-order valence-electron chi connectivity index (χ2n) is 7.19. The van der Waals surface area contributed by atoms with Crippen molar-refractivity contribution in [3.05, 3.63) is 64.4 Å². The largest absolute Gasteiger partial charge is 0.357 e. The van der Waals surface area contributed by atoms with Gasteiger partial charge in [-0.15, -0.1) is 0 Å². The average molecular weight is 529 g/mol. The highest BCUT2D eigenvalue weighted by Crippen LogP contribution is 2.24. The van der Waals surface area contributed by atoms with Gasteiger partial charge < -0.3 is 10.2 Å². The summed E-state index contributed by atoms with van der Waals surface area (Å²) in [5.41, 5.74) is 0.473. The fourth-order valence-electron chi connectivity index (χ4n) is 2.98. The molecule has 0 unspecified atom stereocenters. The Kier molecular flexibility index (Phi) is 8.76. The molecule has 0 aliphatic rings. The van der Waals surface area contributed by atoms with Crippen LogP contribution >= 0.6 is 15.9 Å². The summed E-state index contributed by atoms with van der Waals surface area (Å²) in [6.45, 7) is 0.916. The van der Waals surface area contributed by atoms with Gasteiger partial charge in [-0.2, -0.15) is 12.7 Å². The quantitative estimate of drug-likeness (QED) is 0.540. The Hall–Kier alpha value is -2.50. The summed E-state index contributed by atoms with van der Waals surface area (Å²) < 4.78 is 42.8. The van der Waals surface area contributed by atoms with Gasteiger partial charge in [-0.1, -0.05) is 40.2 Å². The van der Waals surface area contributed by atoms with Crippen molar-refractivity contribution >= 4 is 43.6 Å². The zero-order valence-electron chi connectivity index (χ0n) is 18.2. The van der Waals surface area contributed by atoms with Crippen LogP contribution in [0.15, 0.2) is 53.0 Å². The minimum atomic E-state index is -4.20. The van der Waals surface area contributed by atoms with Gasteiger partial charge in [-0.05, 0) is 36.8 Å². The van der Waals surface area contributed by atoms with Gasteiger partial charge in [0.2, 0.25) is 11.8 Å². The lowest BCUT2D eigenvalue weighted by atomic mass is 10.1. The number of hydrogen-bond acceptors (Lipinski definition) is 4. The van der Waals surface area contributed by atoms with E-state index >= 15 is 0 Å². The van der Waals surface area contributed by atoms with E-state index in [0.29, 0.717) is 4.31 Å². The predicted octanol–water partition coefficient (Wildman–Crippen LogP) is 2.36. The molecule has 11 heteroatoms. The molecule has 2 aromatic rings. The maximum Gasteiger partial charge on any atom is 0.304 e. The average Bonchev–Trinajstić information content (AvgIpc) is 2.75. The van der Waals surface area contributed by atoms with Crippen LogP contribution in [0.1, 0.15) is 12.5 Å². The predicted molar refractivity (Wildman–Crippen MR) is 125 cm³/mol. The Morgan fingerprint density at radius 1 is 1.12 bits per heavy atom. The van der Waals surface area contributed by atoms with Crippen LogP contribution in [0.2, 0.25) is 0 Å². The van der Waals surface area contributed by atoms with E-state index in [1.54, 1.807) is 25.1 Å². The standard InChI is InChI=1S/C21H26BrFN4O4S/c1-15(21(29)24-2)26(13-16-8-7-9-17(22)12-16)20(28)14-27(32(30,31)25(3)4)19-11-6-5-10-18(19)23/h5-12,15H,13-14H2,1-4H3,(H,24,29)/t15-/m1/s1. The Bertz CT molecular complexity index is 1080. The van der Waals surface area contributed by atoms with Crippen LogP contribution in [0.4, 0.5) is 10.1 Å². The topological polar surface area (TPSA) is 90.0 Å². The summed E-state index contributed by atoms with van der Waals surface area (Å²) in [6.07, 6.45) is 0. The summed E-state index contributed by atoms with van der Waals surface area (Å²) in [4.78, 5) is 26.9. The Balaban J connectivity index is 2.47. The first-order valence-electron chi connectivity index (χ1n) is 9.69.